The van der Waals surface area contributed by atoms with Crippen molar-refractivity contribution in [3.63, 3.8) is 0 Å². The molecule has 134 valence electrons. The van der Waals surface area contributed by atoms with Crippen molar-refractivity contribution in [1.82, 2.24) is 25.0 Å². The number of nitrogens with one attached hydrogen (secondary N) is 1. The van der Waals surface area contributed by atoms with Crippen molar-refractivity contribution in [2.75, 3.05) is 33.4 Å². The van der Waals surface area contributed by atoms with Gasteiger partial charge in [0, 0.05) is 38.4 Å². The highest BCUT2D eigenvalue weighted by atomic mass is 16.5. The number of nitrogens with zero attached hydrogens (tertiary/aromatic N) is 4. The van der Waals surface area contributed by atoms with Gasteiger partial charge in [-0.25, -0.2) is 0 Å². The Hall–Kier alpha value is -2.25. The first kappa shape index (κ1) is 17.6. The fourth-order valence-corrected chi connectivity index (χ4v) is 3.15. The molecule has 1 unspecified atom stereocenters. The molecule has 1 amide bonds. The molecule has 25 heavy (non-hydrogen) atoms. The molecule has 1 fully saturated rings. The van der Waals surface area contributed by atoms with Crippen LogP contribution in [-0.4, -0.2) is 64.2 Å². The molecule has 0 spiro atoms. The summed E-state index contributed by atoms with van der Waals surface area (Å²) < 4.78 is 5.59. The number of carbonyl (C=O) groups is 1. The third kappa shape index (κ3) is 4.43. The Labute approximate surface area is 148 Å². The average molecular weight is 343 g/mol. The third-order valence-electron chi connectivity index (χ3n) is 4.53. The van der Waals surface area contributed by atoms with Gasteiger partial charge in [-0.05, 0) is 31.2 Å². The SMILES string of the molecule is Cc1cn[nH]c1C1COCCN1C(=O)CCN(C)Cc1cccnc1. The van der Waals surface area contributed by atoms with Gasteiger partial charge in [-0.15, -0.1) is 0 Å². The number of morpholine rings is 1. The molecule has 1 aliphatic heterocycles. The first-order valence-corrected chi connectivity index (χ1v) is 8.59. The zero-order chi connectivity index (χ0) is 17.6. The number of hydrogen-bond donors (Lipinski definition) is 1. The highest BCUT2D eigenvalue weighted by Crippen LogP contribution is 2.25. The minimum absolute atomic E-state index is 0.0765. The van der Waals surface area contributed by atoms with Crippen LogP contribution in [0.25, 0.3) is 0 Å². The van der Waals surface area contributed by atoms with Crippen molar-refractivity contribution in [1.29, 1.82) is 0 Å². The number of aromatic nitrogens is 3. The molecule has 2 aromatic rings. The van der Waals surface area contributed by atoms with Crippen LogP contribution in [0.15, 0.2) is 30.7 Å². The fraction of sp³-hybridized carbons (Fsp3) is 0.500. The van der Waals surface area contributed by atoms with Crippen LogP contribution in [0.2, 0.25) is 0 Å². The number of ether oxygens (including phenoxy) is 1. The van der Waals surface area contributed by atoms with Crippen molar-refractivity contribution >= 4 is 5.91 Å². The number of H-pyrrole nitrogens is 1. The molecule has 1 saturated heterocycles. The van der Waals surface area contributed by atoms with Gasteiger partial charge in [0.2, 0.25) is 5.91 Å². The second-order valence-electron chi connectivity index (χ2n) is 6.49. The molecule has 3 rings (SSSR count). The molecule has 1 atom stereocenters. The lowest BCUT2D eigenvalue weighted by Gasteiger charge is -2.35. The van der Waals surface area contributed by atoms with E-state index in [4.69, 9.17) is 4.74 Å². The van der Waals surface area contributed by atoms with E-state index in [0.29, 0.717) is 32.7 Å². The molecule has 7 heteroatoms. The van der Waals surface area contributed by atoms with E-state index in [2.05, 4.69) is 20.1 Å². The molecule has 3 heterocycles. The maximum atomic E-state index is 12.8. The third-order valence-corrected chi connectivity index (χ3v) is 4.53. The van der Waals surface area contributed by atoms with Crippen LogP contribution in [0, 0.1) is 6.92 Å². The normalized spacial score (nSPS) is 17.9. The van der Waals surface area contributed by atoms with Gasteiger partial charge < -0.3 is 14.5 Å². The van der Waals surface area contributed by atoms with Crippen LogP contribution in [0.1, 0.15) is 29.3 Å². The number of rotatable bonds is 6. The van der Waals surface area contributed by atoms with E-state index in [-0.39, 0.29) is 11.9 Å². The lowest BCUT2D eigenvalue weighted by Crippen LogP contribution is -2.44. The molecule has 0 bridgehead atoms. The van der Waals surface area contributed by atoms with Crippen LogP contribution in [-0.2, 0) is 16.1 Å². The summed E-state index contributed by atoms with van der Waals surface area (Å²) in [6, 6.07) is 3.90. The summed E-state index contributed by atoms with van der Waals surface area (Å²) in [5.74, 6) is 0.153. The first-order valence-electron chi connectivity index (χ1n) is 8.59. The molecule has 1 aliphatic rings. The Kier molecular flexibility index (Phi) is 5.78. The Morgan fingerprint density at radius 1 is 1.48 bits per heavy atom. The van der Waals surface area contributed by atoms with E-state index in [9.17, 15) is 4.79 Å². The maximum Gasteiger partial charge on any atom is 0.224 e. The Morgan fingerprint density at radius 3 is 3.08 bits per heavy atom. The van der Waals surface area contributed by atoms with Crippen LogP contribution in [0.5, 0.6) is 0 Å². The summed E-state index contributed by atoms with van der Waals surface area (Å²) in [7, 11) is 2.02. The van der Waals surface area contributed by atoms with Crippen molar-refractivity contribution in [3.05, 3.63) is 47.5 Å². The lowest BCUT2D eigenvalue weighted by molar-refractivity contribution is -0.140. The van der Waals surface area contributed by atoms with Crippen LogP contribution in [0.3, 0.4) is 0 Å². The molecule has 2 aromatic heterocycles. The quantitative estimate of drug-likeness (QED) is 0.861. The molecular weight excluding hydrogens is 318 g/mol. The van der Waals surface area contributed by atoms with Crippen LogP contribution >= 0.6 is 0 Å². The lowest BCUT2D eigenvalue weighted by atomic mass is 10.1. The molecular formula is C18H25N5O2. The number of carbonyl (C=O) groups excluding carboxylic acids is 1. The van der Waals surface area contributed by atoms with E-state index in [1.165, 1.54) is 0 Å². The van der Waals surface area contributed by atoms with Crippen molar-refractivity contribution in [2.45, 2.75) is 25.9 Å². The van der Waals surface area contributed by atoms with Gasteiger partial charge in [0.25, 0.3) is 0 Å². The molecule has 0 saturated carbocycles. The fourth-order valence-electron chi connectivity index (χ4n) is 3.15. The highest BCUT2D eigenvalue weighted by Gasteiger charge is 2.30. The van der Waals surface area contributed by atoms with Crippen LogP contribution in [0.4, 0.5) is 0 Å². The van der Waals surface area contributed by atoms with E-state index in [1.807, 2.05) is 37.2 Å². The maximum absolute atomic E-state index is 12.8. The van der Waals surface area contributed by atoms with Gasteiger partial charge in [0.05, 0.1) is 31.1 Å². The van der Waals surface area contributed by atoms with Crippen molar-refractivity contribution in [3.8, 4) is 0 Å². The standard InChI is InChI=1S/C18H25N5O2/c1-14-10-20-21-18(14)16-13-25-9-8-23(16)17(24)5-7-22(2)12-15-4-3-6-19-11-15/h3-4,6,10-11,16H,5,7-9,12-13H2,1-2H3,(H,20,21). The predicted molar refractivity (Wildman–Crippen MR) is 93.8 cm³/mol. The van der Waals surface area contributed by atoms with Crippen molar-refractivity contribution < 1.29 is 9.53 Å². The summed E-state index contributed by atoms with van der Waals surface area (Å²) in [6.45, 7) is 5.21. The molecule has 1 N–H and O–H groups in total. The second-order valence-corrected chi connectivity index (χ2v) is 6.49. The van der Waals surface area contributed by atoms with Gasteiger partial charge >= 0.3 is 0 Å². The largest absolute Gasteiger partial charge is 0.377 e. The Balaban J connectivity index is 1.56. The topological polar surface area (TPSA) is 74.3 Å². The highest BCUT2D eigenvalue weighted by molar-refractivity contribution is 5.77. The smallest absolute Gasteiger partial charge is 0.224 e. The summed E-state index contributed by atoms with van der Waals surface area (Å²) in [5.41, 5.74) is 3.17. The average Bonchev–Trinajstić information content (AvgIpc) is 3.06. The second kappa shape index (κ2) is 8.22. The van der Waals surface area contributed by atoms with Gasteiger partial charge in [-0.3, -0.25) is 14.9 Å². The van der Waals surface area contributed by atoms with Gasteiger partial charge in [-0.2, -0.15) is 5.10 Å². The van der Waals surface area contributed by atoms with Gasteiger partial charge in [-0.1, -0.05) is 6.07 Å². The minimum Gasteiger partial charge on any atom is -0.377 e. The number of amides is 1. The molecule has 7 nitrogen and oxygen atoms in total. The van der Waals surface area contributed by atoms with Gasteiger partial charge in [0.15, 0.2) is 0 Å². The molecule has 0 radical (unpaired) electrons. The summed E-state index contributed by atoms with van der Waals surface area (Å²) in [6.07, 6.45) is 5.90. The van der Waals surface area contributed by atoms with E-state index in [1.54, 1.807) is 12.4 Å². The molecule has 0 aromatic carbocycles. The van der Waals surface area contributed by atoms with Gasteiger partial charge in [0.1, 0.15) is 0 Å². The number of aromatic amines is 1. The van der Waals surface area contributed by atoms with Crippen molar-refractivity contribution in [2.24, 2.45) is 0 Å². The summed E-state index contributed by atoms with van der Waals surface area (Å²) in [4.78, 5) is 21.0. The number of hydrogen-bond acceptors (Lipinski definition) is 5. The van der Waals surface area contributed by atoms with Crippen LogP contribution < -0.4 is 0 Å². The Bertz CT molecular complexity index is 688. The van der Waals surface area contributed by atoms with E-state index in [0.717, 1.165) is 23.4 Å². The minimum atomic E-state index is -0.0765. The predicted octanol–water partition coefficient (Wildman–Crippen LogP) is 1.54. The van der Waals surface area contributed by atoms with E-state index >= 15 is 0 Å². The number of aryl methyl sites for hydroxylation is 1. The summed E-state index contributed by atoms with van der Waals surface area (Å²) >= 11 is 0. The monoisotopic (exact) mass is 343 g/mol. The first-order chi connectivity index (χ1) is 12.1. The molecule has 0 aliphatic carbocycles. The zero-order valence-corrected chi connectivity index (χ0v) is 14.8. The number of pyridine rings is 1. The zero-order valence-electron chi connectivity index (χ0n) is 14.8. The van der Waals surface area contributed by atoms with E-state index < -0.39 is 0 Å². The Morgan fingerprint density at radius 2 is 2.36 bits per heavy atom. The summed E-state index contributed by atoms with van der Waals surface area (Å²) in [5, 5.41) is 7.10.